The van der Waals surface area contributed by atoms with Crippen LogP contribution in [0.3, 0.4) is 0 Å². The molecule has 0 heterocycles. The van der Waals surface area contributed by atoms with Crippen LogP contribution in [0.2, 0.25) is 0 Å². The first-order valence-electron chi connectivity index (χ1n) is 7.57. The van der Waals surface area contributed by atoms with E-state index in [-0.39, 0.29) is 3.42 Å². The first-order valence-corrected chi connectivity index (χ1v) is 8.65. The zero-order valence-electron chi connectivity index (χ0n) is 13.2. The highest BCUT2D eigenvalue weighted by molar-refractivity contribution is 14.1. The molecule has 0 aromatic heterocycles. The molecule has 0 radical (unpaired) electrons. The second-order valence-corrected chi connectivity index (χ2v) is 9.44. The Morgan fingerprint density at radius 2 is 1.37 bits per heavy atom. The summed E-state index contributed by atoms with van der Waals surface area (Å²) in [5.41, 5.74) is 3.20. The molecule has 0 spiro atoms. The van der Waals surface area contributed by atoms with Gasteiger partial charge in [-0.3, -0.25) is 0 Å². The maximum absolute atomic E-state index is 2.51. The van der Waals surface area contributed by atoms with Gasteiger partial charge in [0.15, 0.2) is 0 Å². The van der Waals surface area contributed by atoms with Gasteiger partial charge in [0.1, 0.15) is 0 Å². The highest BCUT2D eigenvalue weighted by Crippen LogP contribution is 2.34. The van der Waals surface area contributed by atoms with Gasteiger partial charge in [-0.25, -0.2) is 0 Å². The van der Waals surface area contributed by atoms with Crippen LogP contribution in [0.5, 0.6) is 0 Å². The highest BCUT2D eigenvalue weighted by atomic mass is 127. The first kappa shape index (κ1) is 17.0. The van der Waals surface area contributed by atoms with Crippen molar-refractivity contribution in [3.8, 4) is 0 Å². The Morgan fingerprint density at radius 1 is 0.842 bits per heavy atom. The Morgan fingerprint density at radius 3 is 1.84 bits per heavy atom. The third kappa shape index (κ3) is 5.45. The van der Waals surface area contributed by atoms with Crippen molar-refractivity contribution in [1.82, 2.24) is 0 Å². The molecule has 1 aromatic carbocycles. The first-order chi connectivity index (χ1) is 8.77. The van der Waals surface area contributed by atoms with Gasteiger partial charge in [-0.2, -0.15) is 0 Å². The van der Waals surface area contributed by atoms with Gasteiger partial charge >= 0.3 is 0 Å². The molecule has 0 N–H and O–H groups in total. The van der Waals surface area contributed by atoms with Crippen LogP contribution >= 0.6 is 22.6 Å². The third-order valence-electron chi connectivity index (χ3n) is 4.01. The molecule has 0 aliphatic heterocycles. The summed E-state index contributed by atoms with van der Waals surface area (Å²) in [5, 5.41) is 0. The van der Waals surface area contributed by atoms with Gasteiger partial charge in [0.2, 0.25) is 0 Å². The maximum Gasteiger partial charge on any atom is 0.0414 e. The SMILES string of the molecule is CCCCCCC(C)(C)c1ccc(C(C)(C)I)cc1. The van der Waals surface area contributed by atoms with E-state index in [1.54, 1.807) is 0 Å². The van der Waals surface area contributed by atoms with Crippen LogP contribution in [0.4, 0.5) is 0 Å². The van der Waals surface area contributed by atoms with Crippen molar-refractivity contribution in [1.29, 1.82) is 0 Å². The topological polar surface area (TPSA) is 0 Å². The van der Waals surface area contributed by atoms with Crippen molar-refractivity contribution >= 4 is 22.6 Å². The lowest BCUT2D eigenvalue weighted by molar-refractivity contribution is 0.446. The molecule has 0 fully saturated rings. The van der Waals surface area contributed by atoms with Crippen LogP contribution in [0.1, 0.15) is 77.8 Å². The van der Waals surface area contributed by atoms with E-state index in [4.69, 9.17) is 0 Å². The lowest BCUT2D eigenvalue weighted by atomic mass is 9.79. The normalized spacial score (nSPS) is 12.7. The summed E-state index contributed by atoms with van der Waals surface area (Å²) in [6, 6.07) is 9.26. The number of alkyl halides is 1. The summed E-state index contributed by atoms with van der Waals surface area (Å²) in [6.07, 6.45) is 6.71. The zero-order chi connectivity index (χ0) is 14.5. The lowest BCUT2D eigenvalue weighted by Crippen LogP contribution is -2.17. The molecule has 19 heavy (non-hydrogen) atoms. The molecule has 0 amide bonds. The fraction of sp³-hybridized carbons (Fsp3) is 0.667. The second-order valence-electron chi connectivity index (χ2n) is 6.74. The van der Waals surface area contributed by atoms with Gasteiger partial charge in [-0.05, 0) is 36.8 Å². The quantitative estimate of drug-likeness (QED) is 0.287. The minimum absolute atomic E-state index is 0.224. The van der Waals surface area contributed by atoms with Crippen LogP contribution in [-0.2, 0) is 8.84 Å². The Bertz CT molecular complexity index is 368. The van der Waals surface area contributed by atoms with Gasteiger partial charge in [0.05, 0.1) is 0 Å². The monoisotopic (exact) mass is 372 g/mol. The number of rotatable bonds is 7. The van der Waals surface area contributed by atoms with E-state index >= 15 is 0 Å². The van der Waals surface area contributed by atoms with Crippen LogP contribution in [-0.4, -0.2) is 0 Å². The van der Waals surface area contributed by atoms with E-state index in [1.165, 1.54) is 43.2 Å². The van der Waals surface area contributed by atoms with Crippen LogP contribution in [0.15, 0.2) is 24.3 Å². The number of benzene rings is 1. The van der Waals surface area contributed by atoms with Gasteiger partial charge in [-0.1, -0.05) is 93.3 Å². The van der Waals surface area contributed by atoms with E-state index in [2.05, 4.69) is 81.5 Å². The average Bonchev–Trinajstić information content (AvgIpc) is 2.34. The van der Waals surface area contributed by atoms with Crippen molar-refractivity contribution in [2.45, 2.75) is 75.6 Å². The van der Waals surface area contributed by atoms with E-state index in [9.17, 15) is 0 Å². The van der Waals surface area contributed by atoms with Gasteiger partial charge in [-0.15, -0.1) is 0 Å². The lowest BCUT2D eigenvalue weighted by Gasteiger charge is -2.26. The zero-order valence-corrected chi connectivity index (χ0v) is 15.4. The Hall–Kier alpha value is -0.0500. The summed E-state index contributed by atoms with van der Waals surface area (Å²) >= 11 is 2.51. The fourth-order valence-corrected chi connectivity index (χ4v) is 2.82. The smallest absolute Gasteiger partial charge is 0.0414 e. The molecule has 0 aliphatic rings. The summed E-state index contributed by atoms with van der Waals surface area (Å²) in [5.74, 6) is 0. The van der Waals surface area contributed by atoms with Gasteiger partial charge < -0.3 is 0 Å². The molecule has 0 bridgehead atoms. The van der Waals surface area contributed by atoms with E-state index in [0.29, 0.717) is 5.41 Å². The molecule has 1 rings (SSSR count). The van der Waals surface area contributed by atoms with Crippen molar-refractivity contribution in [3.63, 3.8) is 0 Å². The van der Waals surface area contributed by atoms with Crippen molar-refractivity contribution in [2.75, 3.05) is 0 Å². The minimum atomic E-state index is 0.224. The molecular weight excluding hydrogens is 343 g/mol. The van der Waals surface area contributed by atoms with Crippen molar-refractivity contribution < 1.29 is 0 Å². The van der Waals surface area contributed by atoms with Crippen molar-refractivity contribution in [2.24, 2.45) is 0 Å². The maximum atomic E-state index is 2.51. The van der Waals surface area contributed by atoms with E-state index in [0.717, 1.165) is 0 Å². The Kier molecular flexibility index (Phi) is 6.35. The Balaban J connectivity index is 2.68. The van der Waals surface area contributed by atoms with E-state index < -0.39 is 0 Å². The molecule has 0 saturated heterocycles. The van der Waals surface area contributed by atoms with Crippen LogP contribution < -0.4 is 0 Å². The standard InChI is InChI=1S/C18H29I/c1-6-7-8-9-14-17(2,3)15-10-12-16(13-11-15)18(4,5)19/h10-13H,6-9,14H2,1-5H3. The predicted octanol–water partition coefficient (Wildman–Crippen LogP) is 6.60. The number of unbranched alkanes of at least 4 members (excludes halogenated alkanes) is 3. The number of hydrogen-bond donors (Lipinski definition) is 0. The molecule has 0 unspecified atom stereocenters. The summed E-state index contributed by atoms with van der Waals surface area (Å²) < 4.78 is 0.224. The molecule has 0 saturated carbocycles. The largest absolute Gasteiger partial charge is 0.0743 e. The molecule has 1 heteroatoms. The summed E-state index contributed by atoms with van der Waals surface area (Å²) in [7, 11) is 0. The Labute approximate surface area is 133 Å². The second kappa shape index (κ2) is 7.10. The molecule has 0 nitrogen and oxygen atoms in total. The molecule has 108 valence electrons. The average molecular weight is 372 g/mol. The number of hydrogen-bond acceptors (Lipinski definition) is 0. The van der Waals surface area contributed by atoms with Crippen LogP contribution in [0.25, 0.3) is 0 Å². The van der Waals surface area contributed by atoms with Crippen molar-refractivity contribution in [3.05, 3.63) is 35.4 Å². The number of halogens is 1. The predicted molar refractivity (Wildman–Crippen MR) is 95.3 cm³/mol. The third-order valence-corrected chi connectivity index (χ3v) is 4.63. The van der Waals surface area contributed by atoms with Gasteiger partial charge in [0, 0.05) is 3.42 Å². The molecular formula is C18H29I. The molecule has 0 aliphatic carbocycles. The minimum Gasteiger partial charge on any atom is -0.0743 e. The fourth-order valence-electron chi connectivity index (χ4n) is 2.46. The summed E-state index contributed by atoms with van der Waals surface area (Å²) in [6.45, 7) is 11.6. The summed E-state index contributed by atoms with van der Waals surface area (Å²) in [4.78, 5) is 0. The van der Waals surface area contributed by atoms with Gasteiger partial charge in [0.25, 0.3) is 0 Å². The highest BCUT2D eigenvalue weighted by Gasteiger charge is 2.21. The van der Waals surface area contributed by atoms with Crippen LogP contribution in [0, 0.1) is 0 Å². The molecule has 1 aromatic rings. The molecule has 0 atom stereocenters. The van der Waals surface area contributed by atoms with E-state index in [1.807, 2.05) is 0 Å².